The van der Waals surface area contributed by atoms with E-state index in [9.17, 15) is 37.2 Å². The highest BCUT2D eigenvalue weighted by Crippen LogP contribution is 2.49. The Morgan fingerprint density at radius 2 is 1.90 bits per heavy atom. The number of nitrogens with zero attached hydrogens (tertiary/aromatic N) is 1. The van der Waals surface area contributed by atoms with Crippen molar-refractivity contribution in [1.82, 2.24) is 14.6 Å². The van der Waals surface area contributed by atoms with Crippen LogP contribution < -0.4 is 20.9 Å². The van der Waals surface area contributed by atoms with Gasteiger partial charge in [-0.3, -0.25) is 23.7 Å². The molecule has 2 aromatic rings. The first-order chi connectivity index (χ1) is 18.2. The second-order valence-electron chi connectivity index (χ2n) is 8.81. The fourth-order valence-corrected chi connectivity index (χ4v) is 5.06. The lowest BCUT2D eigenvalue weighted by atomic mass is 9.97. The van der Waals surface area contributed by atoms with E-state index in [1.54, 1.807) is 19.9 Å². The van der Waals surface area contributed by atoms with Gasteiger partial charge in [0.15, 0.2) is 18.0 Å². The standard InChI is InChI=1S/C22H26F4N3O9P/c1-11(2)36-19(32)12(3)28-39(34,38-13-7-5-4-6-8-13)35-10-22(20(25)26)16(30)15(24)18(37-22)29-9-14(23)17(31)27-21(29)33/h4-9,11-12,15-16,18,20,30H,10H2,1-3H3,(H,28,34)(H,27,31,33)/t12-,15-,16-,18+,22+,39?/m0/s1. The minimum Gasteiger partial charge on any atom is -0.462 e. The Balaban J connectivity index is 1.92. The third-order valence-electron chi connectivity index (χ3n) is 5.47. The van der Waals surface area contributed by atoms with E-state index >= 15 is 4.39 Å². The Kier molecular flexibility index (Phi) is 9.39. The highest BCUT2D eigenvalue weighted by molar-refractivity contribution is 7.52. The number of para-hydroxylation sites is 1. The van der Waals surface area contributed by atoms with E-state index in [0.717, 1.165) is 0 Å². The Bertz CT molecular complexity index is 1330. The number of benzene rings is 1. The zero-order valence-corrected chi connectivity index (χ0v) is 21.6. The molecular weight excluding hydrogens is 557 g/mol. The van der Waals surface area contributed by atoms with Gasteiger partial charge in [-0.25, -0.2) is 22.5 Å². The van der Waals surface area contributed by atoms with Crippen molar-refractivity contribution in [3.63, 3.8) is 0 Å². The van der Waals surface area contributed by atoms with Crippen LogP contribution in [0, 0.1) is 5.82 Å². The summed E-state index contributed by atoms with van der Waals surface area (Å²) in [6.07, 6.45) is -11.8. The molecule has 1 unspecified atom stereocenters. The average molecular weight is 583 g/mol. The van der Waals surface area contributed by atoms with Crippen molar-refractivity contribution >= 4 is 13.7 Å². The maximum absolute atomic E-state index is 15.0. The van der Waals surface area contributed by atoms with Crippen molar-refractivity contribution in [3.8, 4) is 5.75 Å². The largest absolute Gasteiger partial charge is 0.462 e. The van der Waals surface area contributed by atoms with E-state index in [0.29, 0.717) is 0 Å². The first-order valence-corrected chi connectivity index (χ1v) is 13.0. The summed E-state index contributed by atoms with van der Waals surface area (Å²) < 4.78 is 91.6. The lowest BCUT2D eigenvalue weighted by Crippen LogP contribution is -2.52. The van der Waals surface area contributed by atoms with E-state index in [1.165, 1.54) is 36.2 Å². The normalized spacial score (nSPS) is 25.4. The first-order valence-electron chi connectivity index (χ1n) is 11.5. The van der Waals surface area contributed by atoms with Gasteiger partial charge in [-0.2, -0.15) is 9.48 Å². The highest BCUT2D eigenvalue weighted by atomic mass is 31.2. The second-order valence-corrected chi connectivity index (χ2v) is 10.5. The fraction of sp³-hybridized carbons (Fsp3) is 0.500. The molecule has 6 atom stereocenters. The Morgan fingerprint density at radius 3 is 2.49 bits per heavy atom. The summed E-state index contributed by atoms with van der Waals surface area (Å²) in [5.74, 6) is -2.53. The van der Waals surface area contributed by atoms with Gasteiger partial charge in [-0.05, 0) is 32.9 Å². The number of alkyl halides is 3. The summed E-state index contributed by atoms with van der Waals surface area (Å²) in [4.78, 5) is 37.1. The third kappa shape index (κ3) is 6.76. The van der Waals surface area contributed by atoms with Crippen LogP contribution in [0.4, 0.5) is 17.6 Å². The Labute approximate surface area is 218 Å². The Morgan fingerprint density at radius 1 is 1.26 bits per heavy atom. The van der Waals surface area contributed by atoms with Crippen molar-refractivity contribution < 1.29 is 50.5 Å². The monoisotopic (exact) mass is 583 g/mol. The smallest absolute Gasteiger partial charge is 0.459 e. The second kappa shape index (κ2) is 12.0. The molecule has 1 fully saturated rings. The molecule has 1 aromatic carbocycles. The number of carbonyl (C=O) groups excluding carboxylic acids is 1. The van der Waals surface area contributed by atoms with Crippen molar-refractivity contribution in [3.05, 3.63) is 63.2 Å². The number of nitrogens with one attached hydrogen (secondary N) is 2. The number of ether oxygens (including phenoxy) is 2. The molecule has 0 saturated carbocycles. The van der Waals surface area contributed by atoms with Crippen LogP contribution >= 0.6 is 7.75 Å². The van der Waals surface area contributed by atoms with Crippen LogP contribution in [-0.4, -0.2) is 63.7 Å². The van der Waals surface area contributed by atoms with Crippen LogP contribution in [0.15, 0.2) is 46.1 Å². The molecule has 0 bridgehead atoms. The molecule has 0 aliphatic carbocycles. The lowest BCUT2D eigenvalue weighted by Gasteiger charge is -2.32. The SMILES string of the molecule is CC(C)OC(=O)[C@H](C)NP(=O)(OC[C@@]1(C(F)F)O[C@@H](n2cc(F)c(=O)[nH]c2=O)[C@@H](F)[C@@H]1O)Oc1ccccc1. The maximum atomic E-state index is 15.0. The van der Waals surface area contributed by atoms with Crippen LogP contribution in [0.2, 0.25) is 0 Å². The van der Waals surface area contributed by atoms with Gasteiger partial charge < -0.3 is 19.1 Å². The van der Waals surface area contributed by atoms with E-state index in [1.807, 2.05) is 0 Å². The summed E-state index contributed by atoms with van der Waals surface area (Å²) in [5, 5.41) is 12.6. The molecular formula is C22H26F4N3O9P. The van der Waals surface area contributed by atoms with E-state index in [-0.39, 0.29) is 16.5 Å². The van der Waals surface area contributed by atoms with Gasteiger partial charge in [0.25, 0.3) is 12.0 Å². The minimum atomic E-state index is -4.77. The quantitative estimate of drug-likeness (QED) is 0.203. The number of halogens is 4. The van der Waals surface area contributed by atoms with Gasteiger partial charge in [0.2, 0.25) is 5.82 Å². The van der Waals surface area contributed by atoms with Crippen LogP contribution in [-0.2, 0) is 23.4 Å². The van der Waals surface area contributed by atoms with Gasteiger partial charge in [-0.15, -0.1) is 0 Å². The molecule has 216 valence electrons. The molecule has 1 saturated heterocycles. The third-order valence-corrected chi connectivity index (χ3v) is 7.09. The molecule has 1 aliphatic heterocycles. The van der Waals surface area contributed by atoms with Gasteiger partial charge >= 0.3 is 19.4 Å². The average Bonchev–Trinajstić information content (AvgIpc) is 3.11. The number of aromatic amines is 1. The van der Waals surface area contributed by atoms with Crippen LogP contribution in [0.5, 0.6) is 5.75 Å². The molecule has 1 aromatic heterocycles. The van der Waals surface area contributed by atoms with E-state index < -0.39 is 80.1 Å². The number of rotatable bonds is 11. The number of aliphatic hydroxyl groups excluding tert-OH is 1. The molecule has 12 nitrogen and oxygen atoms in total. The van der Waals surface area contributed by atoms with Crippen molar-refractivity contribution in [2.24, 2.45) is 0 Å². The first kappa shape index (κ1) is 30.5. The van der Waals surface area contributed by atoms with Crippen LogP contribution in [0.3, 0.4) is 0 Å². The summed E-state index contributed by atoms with van der Waals surface area (Å²) in [5.41, 5.74) is -6.12. The molecule has 17 heteroatoms. The number of H-pyrrole nitrogens is 1. The van der Waals surface area contributed by atoms with Crippen molar-refractivity contribution in [2.45, 2.75) is 63.4 Å². The van der Waals surface area contributed by atoms with Gasteiger partial charge in [0, 0.05) is 0 Å². The number of carbonyl (C=O) groups is 1. The molecule has 2 heterocycles. The Hall–Kier alpha value is -3.04. The van der Waals surface area contributed by atoms with Crippen molar-refractivity contribution in [2.75, 3.05) is 6.61 Å². The van der Waals surface area contributed by atoms with Crippen molar-refractivity contribution in [1.29, 1.82) is 0 Å². The molecule has 3 rings (SSSR count). The molecule has 0 spiro atoms. The zero-order chi connectivity index (χ0) is 29.1. The summed E-state index contributed by atoms with van der Waals surface area (Å²) in [7, 11) is -4.77. The van der Waals surface area contributed by atoms with Gasteiger partial charge in [0.05, 0.1) is 18.9 Å². The highest BCUT2D eigenvalue weighted by Gasteiger charge is 2.62. The topological polar surface area (TPSA) is 158 Å². The molecule has 1 aliphatic rings. The maximum Gasteiger partial charge on any atom is 0.459 e. The predicted octanol–water partition coefficient (Wildman–Crippen LogP) is 2.04. The van der Waals surface area contributed by atoms with E-state index in [4.69, 9.17) is 18.5 Å². The summed E-state index contributed by atoms with van der Waals surface area (Å²) >= 11 is 0. The molecule has 0 amide bonds. The zero-order valence-electron chi connectivity index (χ0n) is 20.8. The number of hydrogen-bond acceptors (Lipinski definition) is 9. The van der Waals surface area contributed by atoms with Gasteiger partial charge in [-0.1, -0.05) is 18.2 Å². The molecule has 39 heavy (non-hydrogen) atoms. The number of hydrogen-bond donors (Lipinski definition) is 3. The lowest BCUT2D eigenvalue weighted by molar-refractivity contribution is -0.193. The minimum absolute atomic E-state index is 0.0757. The number of esters is 1. The van der Waals surface area contributed by atoms with E-state index in [2.05, 4.69) is 5.09 Å². The number of aromatic nitrogens is 2. The predicted molar refractivity (Wildman–Crippen MR) is 125 cm³/mol. The van der Waals surface area contributed by atoms with Crippen LogP contribution in [0.1, 0.15) is 27.0 Å². The number of aliphatic hydroxyl groups is 1. The van der Waals surface area contributed by atoms with Gasteiger partial charge in [0.1, 0.15) is 17.9 Å². The summed E-state index contributed by atoms with van der Waals surface area (Å²) in [6.45, 7) is 2.83. The molecule has 0 radical (unpaired) electrons. The summed E-state index contributed by atoms with van der Waals surface area (Å²) in [6, 6.07) is 5.88. The van der Waals surface area contributed by atoms with Crippen LogP contribution in [0.25, 0.3) is 0 Å². The molecule has 3 N–H and O–H groups in total. The fourth-order valence-electron chi connectivity index (χ4n) is 3.53.